The van der Waals surface area contributed by atoms with Gasteiger partial charge in [-0.3, -0.25) is 0 Å². The standard InChI is InChI=1S/C27H23F6N3O2/c1-25(2,16-34)35-24(37)36-26(15-17-6-4-3-5-7-17,18-8-10-20(28)11-9-18)19-12-21(29)14-22(13-19)38-27(32,33)23(30)31/h3-14,23H,15H2,1-2H3,(H2,35,36,37). The first-order chi connectivity index (χ1) is 17.8. The maximum Gasteiger partial charge on any atom is 0.461 e. The van der Waals surface area contributed by atoms with Crippen molar-refractivity contribution in [3.05, 3.63) is 101 Å². The number of hydrogen-bond donors (Lipinski definition) is 2. The molecule has 3 aromatic carbocycles. The SMILES string of the molecule is CC(C)(C#N)NC(=O)NC(Cc1ccccc1)(c1ccc(F)cc1)c1cc(F)cc(OC(F)(F)C(F)F)c1. The van der Waals surface area contributed by atoms with Crippen molar-refractivity contribution in [1.29, 1.82) is 5.26 Å². The van der Waals surface area contributed by atoms with Crippen molar-refractivity contribution in [2.24, 2.45) is 0 Å². The fourth-order valence-corrected chi connectivity index (χ4v) is 3.80. The minimum absolute atomic E-state index is 0.117. The maximum absolute atomic E-state index is 14.8. The highest BCUT2D eigenvalue weighted by molar-refractivity contribution is 5.77. The number of amides is 2. The molecule has 5 nitrogen and oxygen atoms in total. The van der Waals surface area contributed by atoms with Crippen LogP contribution < -0.4 is 15.4 Å². The summed E-state index contributed by atoms with van der Waals surface area (Å²) in [5.74, 6) is -2.68. The number of benzene rings is 3. The summed E-state index contributed by atoms with van der Waals surface area (Å²) in [6.45, 7) is 2.84. The van der Waals surface area contributed by atoms with Gasteiger partial charge in [0.2, 0.25) is 0 Å². The summed E-state index contributed by atoms with van der Waals surface area (Å²) in [7, 11) is 0. The Kier molecular flexibility index (Phi) is 8.25. The lowest BCUT2D eigenvalue weighted by molar-refractivity contribution is -0.253. The number of carbonyl (C=O) groups is 1. The van der Waals surface area contributed by atoms with Gasteiger partial charge in [0.25, 0.3) is 0 Å². The molecule has 0 aliphatic rings. The van der Waals surface area contributed by atoms with Gasteiger partial charge in [-0.25, -0.2) is 13.6 Å². The van der Waals surface area contributed by atoms with Crippen LogP contribution in [-0.4, -0.2) is 24.1 Å². The van der Waals surface area contributed by atoms with Crippen LogP contribution in [0.5, 0.6) is 5.75 Å². The molecule has 3 aromatic rings. The van der Waals surface area contributed by atoms with Gasteiger partial charge < -0.3 is 15.4 Å². The number of hydrogen-bond acceptors (Lipinski definition) is 3. The lowest BCUT2D eigenvalue weighted by Crippen LogP contribution is -2.56. The highest BCUT2D eigenvalue weighted by atomic mass is 19.3. The predicted octanol–water partition coefficient (Wildman–Crippen LogP) is 6.29. The van der Waals surface area contributed by atoms with Gasteiger partial charge in [-0.2, -0.15) is 22.8 Å². The predicted molar refractivity (Wildman–Crippen MR) is 127 cm³/mol. The second-order valence-electron chi connectivity index (χ2n) is 9.03. The summed E-state index contributed by atoms with van der Waals surface area (Å²) >= 11 is 0. The molecule has 0 aromatic heterocycles. The van der Waals surface area contributed by atoms with E-state index in [0.29, 0.717) is 11.6 Å². The van der Waals surface area contributed by atoms with Crippen molar-refractivity contribution in [3.8, 4) is 11.8 Å². The number of halogens is 6. The first-order valence-corrected chi connectivity index (χ1v) is 11.2. The van der Waals surface area contributed by atoms with Gasteiger partial charge in [-0.15, -0.1) is 0 Å². The van der Waals surface area contributed by atoms with E-state index in [4.69, 9.17) is 0 Å². The first-order valence-electron chi connectivity index (χ1n) is 11.2. The summed E-state index contributed by atoms with van der Waals surface area (Å²) in [5.41, 5.74) is -2.50. The van der Waals surface area contributed by atoms with Crippen LogP contribution in [0, 0.1) is 23.0 Å². The van der Waals surface area contributed by atoms with E-state index in [0.717, 1.165) is 24.3 Å². The van der Waals surface area contributed by atoms with Crippen LogP contribution in [0.2, 0.25) is 0 Å². The average molecular weight is 535 g/mol. The van der Waals surface area contributed by atoms with Crippen LogP contribution in [0.25, 0.3) is 0 Å². The number of nitrogens with zero attached hydrogens (tertiary/aromatic N) is 1. The second kappa shape index (κ2) is 11.0. The summed E-state index contributed by atoms with van der Waals surface area (Å²) in [6, 6.07) is 16.5. The van der Waals surface area contributed by atoms with Crippen LogP contribution in [-0.2, 0) is 12.0 Å². The van der Waals surface area contributed by atoms with Gasteiger partial charge >= 0.3 is 18.6 Å². The zero-order valence-corrected chi connectivity index (χ0v) is 20.2. The minimum atomic E-state index is -4.93. The van der Waals surface area contributed by atoms with E-state index in [2.05, 4.69) is 15.4 Å². The van der Waals surface area contributed by atoms with Crippen molar-refractivity contribution in [2.75, 3.05) is 0 Å². The molecule has 0 radical (unpaired) electrons. The second-order valence-corrected chi connectivity index (χ2v) is 9.03. The highest BCUT2D eigenvalue weighted by Crippen LogP contribution is 2.38. The molecule has 0 bridgehead atoms. The Hall–Kier alpha value is -4.20. The minimum Gasteiger partial charge on any atom is -0.428 e. The number of carbonyl (C=O) groups excluding carboxylic acids is 1. The third kappa shape index (κ3) is 6.76. The molecule has 0 fully saturated rings. The molecular weight excluding hydrogens is 512 g/mol. The highest BCUT2D eigenvalue weighted by Gasteiger charge is 2.45. The third-order valence-corrected chi connectivity index (χ3v) is 5.55. The number of nitrogens with one attached hydrogen (secondary N) is 2. The van der Waals surface area contributed by atoms with E-state index < -0.39 is 47.0 Å². The molecular formula is C27H23F6N3O2. The molecule has 11 heteroatoms. The molecule has 2 N–H and O–H groups in total. The summed E-state index contributed by atoms with van der Waals surface area (Å²) in [4.78, 5) is 13.1. The van der Waals surface area contributed by atoms with Crippen LogP contribution in [0.1, 0.15) is 30.5 Å². The van der Waals surface area contributed by atoms with Crippen LogP contribution in [0.15, 0.2) is 72.8 Å². The molecule has 38 heavy (non-hydrogen) atoms. The van der Waals surface area contributed by atoms with Gasteiger partial charge in [0, 0.05) is 12.5 Å². The van der Waals surface area contributed by atoms with E-state index in [1.165, 1.54) is 26.0 Å². The molecule has 0 aliphatic carbocycles. The van der Waals surface area contributed by atoms with Crippen molar-refractivity contribution < 1.29 is 35.9 Å². The quantitative estimate of drug-likeness (QED) is 0.317. The molecule has 3 rings (SSSR count). The Morgan fingerprint density at radius 3 is 2.13 bits per heavy atom. The Morgan fingerprint density at radius 2 is 1.55 bits per heavy atom. The topological polar surface area (TPSA) is 74.2 Å². The normalized spacial score (nSPS) is 13.4. The lowest BCUT2D eigenvalue weighted by Gasteiger charge is -2.37. The van der Waals surface area contributed by atoms with E-state index in [1.54, 1.807) is 30.3 Å². The molecule has 0 saturated heterocycles. The van der Waals surface area contributed by atoms with E-state index >= 15 is 0 Å². The van der Waals surface area contributed by atoms with Gasteiger partial charge in [0.15, 0.2) is 0 Å². The monoisotopic (exact) mass is 535 g/mol. The largest absolute Gasteiger partial charge is 0.461 e. The van der Waals surface area contributed by atoms with Crippen molar-refractivity contribution in [2.45, 2.75) is 43.9 Å². The zero-order valence-electron chi connectivity index (χ0n) is 20.2. The Morgan fingerprint density at radius 1 is 0.921 bits per heavy atom. The smallest absolute Gasteiger partial charge is 0.428 e. The Bertz CT molecular complexity index is 1310. The fourth-order valence-electron chi connectivity index (χ4n) is 3.80. The molecule has 1 atom stereocenters. The van der Waals surface area contributed by atoms with E-state index in [1.807, 2.05) is 6.07 Å². The summed E-state index contributed by atoms with van der Waals surface area (Å²) in [6.07, 6.45) is -9.24. The van der Waals surface area contributed by atoms with Crippen molar-refractivity contribution in [1.82, 2.24) is 10.6 Å². The van der Waals surface area contributed by atoms with E-state index in [-0.39, 0.29) is 17.5 Å². The third-order valence-electron chi connectivity index (χ3n) is 5.55. The average Bonchev–Trinajstić information content (AvgIpc) is 2.83. The Balaban J connectivity index is 2.26. The fraction of sp³-hybridized carbons (Fsp3) is 0.259. The van der Waals surface area contributed by atoms with Crippen molar-refractivity contribution >= 4 is 6.03 Å². The molecule has 0 spiro atoms. The number of ether oxygens (including phenoxy) is 1. The van der Waals surface area contributed by atoms with Crippen LogP contribution in [0.4, 0.5) is 31.1 Å². The maximum atomic E-state index is 14.8. The van der Waals surface area contributed by atoms with Gasteiger partial charge in [0.05, 0.1) is 11.6 Å². The number of urea groups is 1. The van der Waals surface area contributed by atoms with Crippen LogP contribution in [0.3, 0.4) is 0 Å². The number of nitriles is 1. The van der Waals surface area contributed by atoms with Crippen molar-refractivity contribution in [3.63, 3.8) is 0 Å². The van der Waals surface area contributed by atoms with Gasteiger partial charge in [0.1, 0.15) is 22.9 Å². The summed E-state index contributed by atoms with van der Waals surface area (Å²) in [5, 5.41) is 14.5. The molecule has 2 amide bonds. The van der Waals surface area contributed by atoms with Gasteiger partial charge in [-0.1, -0.05) is 42.5 Å². The molecule has 1 unspecified atom stereocenters. The number of rotatable bonds is 9. The van der Waals surface area contributed by atoms with Gasteiger partial charge in [-0.05, 0) is 54.8 Å². The molecule has 200 valence electrons. The molecule has 0 aliphatic heterocycles. The Labute approximate surface area is 215 Å². The van der Waals surface area contributed by atoms with E-state index in [9.17, 15) is 36.4 Å². The summed E-state index contributed by atoms with van der Waals surface area (Å²) < 4.78 is 85.7. The first kappa shape index (κ1) is 28.4. The molecule has 0 heterocycles. The van der Waals surface area contributed by atoms with Crippen LogP contribution >= 0.6 is 0 Å². The number of alkyl halides is 4. The lowest BCUT2D eigenvalue weighted by atomic mass is 9.77. The molecule has 0 saturated carbocycles. The zero-order chi connectivity index (χ0) is 28.1.